The molecule has 0 aliphatic rings. The molecular formula is C24H24N4O6S. The molecule has 182 valence electrons. The number of para-hydroxylation sites is 1. The van der Waals surface area contributed by atoms with Crippen molar-refractivity contribution in [3.8, 4) is 5.75 Å². The lowest BCUT2D eigenvalue weighted by Crippen LogP contribution is -2.53. The van der Waals surface area contributed by atoms with Gasteiger partial charge in [0.15, 0.2) is 5.76 Å². The van der Waals surface area contributed by atoms with E-state index < -0.39 is 27.9 Å². The molecule has 1 atom stereocenters. The van der Waals surface area contributed by atoms with E-state index in [-0.39, 0.29) is 17.1 Å². The Bertz CT molecular complexity index is 1410. The van der Waals surface area contributed by atoms with Crippen LogP contribution < -0.4 is 20.3 Å². The van der Waals surface area contributed by atoms with E-state index in [0.29, 0.717) is 12.4 Å². The Morgan fingerprint density at radius 3 is 2.51 bits per heavy atom. The number of carbonyl (C=O) groups is 2. The molecule has 2 aromatic carbocycles. The first-order valence-corrected chi connectivity index (χ1v) is 12.3. The Morgan fingerprint density at radius 2 is 1.80 bits per heavy atom. The molecule has 2 amide bonds. The molecule has 10 nitrogen and oxygen atoms in total. The lowest BCUT2D eigenvalue weighted by molar-refractivity contribution is -0.123. The van der Waals surface area contributed by atoms with Crippen LogP contribution in [-0.2, 0) is 21.2 Å². The molecule has 11 heteroatoms. The minimum absolute atomic E-state index is 0.00607. The van der Waals surface area contributed by atoms with Gasteiger partial charge in [-0.05, 0) is 61.4 Å². The average molecular weight is 497 g/mol. The van der Waals surface area contributed by atoms with Gasteiger partial charge in [0, 0.05) is 17.1 Å². The summed E-state index contributed by atoms with van der Waals surface area (Å²) in [5, 5.41) is 0.852. The molecule has 0 radical (unpaired) electrons. The summed E-state index contributed by atoms with van der Waals surface area (Å²) in [5.74, 6) is -0.901. The molecule has 4 N–H and O–H groups in total. The van der Waals surface area contributed by atoms with Crippen molar-refractivity contribution in [1.29, 1.82) is 0 Å². The van der Waals surface area contributed by atoms with Crippen molar-refractivity contribution in [2.24, 2.45) is 0 Å². The number of rotatable bonds is 9. The van der Waals surface area contributed by atoms with Gasteiger partial charge in [0.05, 0.1) is 17.8 Å². The highest BCUT2D eigenvalue weighted by molar-refractivity contribution is 7.89. The topological polar surface area (TPSA) is 143 Å². The van der Waals surface area contributed by atoms with E-state index in [1.165, 1.54) is 42.7 Å². The number of amides is 2. The van der Waals surface area contributed by atoms with Gasteiger partial charge in [-0.15, -0.1) is 0 Å². The van der Waals surface area contributed by atoms with Crippen molar-refractivity contribution in [3.05, 3.63) is 84.4 Å². The van der Waals surface area contributed by atoms with E-state index >= 15 is 0 Å². The predicted molar refractivity (Wildman–Crippen MR) is 128 cm³/mol. The molecule has 0 aliphatic heterocycles. The van der Waals surface area contributed by atoms with Gasteiger partial charge in [0.1, 0.15) is 11.8 Å². The van der Waals surface area contributed by atoms with E-state index in [4.69, 9.17) is 9.15 Å². The van der Waals surface area contributed by atoms with Crippen LogP contribution in [0.25, 0.3) is 10.9 Å². The maximum Gasteiger partial charge on any atom is 0.305 e. The zero-order chi connectivity index (χ0) is 24.8. The van der Waals surface area contributed by atoms with Crippen molar-refractivity contribution < 1.29 is 27.2 Å². The van der Waals surface area contributed by atoms with E-state index in [1.807, 2.05) is 31.2 Å². The van der Waals surface area contributed by atoms with Crippen LogP contribution in [0.3, 0.4) is 0 Å². The molecule has 0 spiro atoms. The van der Waals surface area contributed by atoms with Crippen LogP contribution >= 0.6 is 0 Å². The first-order chi connectivity index (χ1) is 16.9. The maximum atomic E-state index is 13.1. The molecule has 0 unspecified atom stereocenters. The van der Waals surface area contributed by atoms with E-state index in [9.17, 15) is 18.0 Å². The number of benzene rings is 2. The number of hydrogen-bond acceptors (Lipinski definition) is 6. The summed E-state index contributed by atoms with van der Waals surface area (Å²) < 4.78 is 39.0. The second-order valence-corrected chi connectivity index (χ2v) is 9.28. The Balaban J connectivity index is 1.56. The van der Waals surface area contributed by atoms with Gasteiger partial charge in [-0.25, -0.2) is 8.42 Å². The maximum absolute atomic E-state index is 13.1. The summed E-state index contributed by atoms with van der Waals surface area (Å²) in [5.41, 5.74) is 6.09. The number of fused-ring (bicyclic) bond motifs is 1. The number of ether oxygens (including phenoxy) is 1. The van der Waals surface area contributed by atoms with Crippen molar-refractivity contribution in [3.63, 3.8) is 0 Å². The summed E-state index contributed by atoms with van der Waals surface area (Å²) in [4.78, 5) is 28.2. The summed E-state index contributed by atoms with van der Waals surface area (Å²) in [7, 11) is -4.08. The highest BCUT2D eigenvalue weighted by Crippen LogP contribution is 2.21. The second kappa shape index (κ2) is 10.5. The number of aromatic amines is 1. The van der Waals surface area contributed by atoms with Crippen LogP contribution in [0.5, 0.6) is 5.75 Å². The molecular weight excluding hydrogens is 472 g/mol. The standard InChI is InChI=1S/C24H24N4O6S/c1-2-33-17-9-11-18(12-10-17)35(31,32)28-21(14-16-15-25-20-7-4-3-6-19(16)20)23(29)26-27-24(30)22-8-5-13-34-22/h3-13,15,21,25,28H,2,14H2,1H3,(H,26,29)(H,27,30)/t21-/m0/s1. The first kappa shape index (κ1) is 24.0. The normalized spacial score (nSPS) is 12.3. The van der Waals surface area contributed by atoms with Gasteiger partial charge >= 0.3 is 5.91 Å². The first-order valence-electron chi connectivity index (χ1n) is 10.8. The van der Waals surface area contributed by atoms with Gasteiger partial charge in [-0.3, -0.25) is 20.4 Å². The summed E-state index contributed by atoms with van der Waals surface area (Å²) in [6.45, 7) is 2.27. The van der Waals surface area contributed by atoms with Crippen molar-refractivity contribution in [1.82, 2.24) is 20.6 Å². The van der Waals surface area contributed by atoms with Crippen molar-refractivity contribution in [2.75, 3.05) is 6.61 Å². The average Bonchev–Trinajstić information content (AvgIpc) is 3.53. The number of aromatic nitrogens is 1. The number of H-pyrrole nitrogens is 1. The Labute approximate surface area is 201 Å². The van der Waals surface area contributed by atoms with Crippen LogP contribution in [0.15, 0.2) is 82.4 Å². The fourth-order valence-corrected chi connectivity index (χ4v) is 4.72. The Kier molecular flexibility index (Phi) is 7.18. The summed E-state index contributed by atoms with van der Waals surface area (Å²) >= 11 is 0. The van der Waals surface area contributed by atoms with Gasteiger partial charge in [0.25, 0.3) is 5.91 Å². The number of furan rings is 1. The van der Waals surface area contributed by atoms with Gasteiger partial charge in [0.2, 0.25) is 10.0 Å². The molecule has 4 aromatic rings. The van der Waals surface area contributed by atoms with Crippen LogP contribution in [0.2, 0.25) is 0 Å². The van der Waals surface area contributed by atoms with Crippen LogP contribution in [0, 0.1) is 0 Å². The molecule has 35 heavy (non-hydrogen) atoms. The zero-order valence-electron chi connectivity index (χ0n) is 18.8. The Hall–Kier alpha value is -4.09. The predicted octanol–water partition coefficient (Wildman–Crippen LogP) is 2.51. The molecule has 0 aliphatic carbocycles. The molecule has 0 saturated carbocycles. The smallest absolute Gasteiger partial charge is 0.305 e. The minimum atomic E-state index is -4.08. The SMILES string of the molecule is CCOc1ccc(S(=O)(=O)N[C@@H](Cc2c[nH]c3ccccc23)C(=O)NNC(=O)c2ccco2)cc1. The van der Waals surface area contributed by atoms with Crippen LogP contribution in [-0.4, -0.2) is 37.9 Å². The van der Waals surface area contributed by atoms with Crippen molar-refractivity contribution in [2.45, 2.75) is 24.3 Å². The van der Waals surface area contributed by atoms with Gasteiger partial charge < -0.3 is 14.1 Å². The molecule has 0 saturated heterocycles. The monoisotopic (exact) mass is 496 g/mol. The van der Waals surface area contributed by atoms with E-state index in [2.05, 4.69) is 20.6 Å². The highest BCUT2D eigenvalue weighted by Gasteiger charge is 2.27. The van der Waals surface area contributed by atoms with Crippen molar-refractivity contribution >= 4 is 32.7 Å². The Morgan fingerprint density at radius 1 is 1.03 bits per heavy atom. The summed E-state index contributed by atoms with van der Waals surface area (Å²) in [6, 6.07) is 15.1. The third-order valence-corrected chi connectivity index (χ3v) is 6.69. The second-order valence-electron chi connectivity index (χ2n) is 7.56. The van der Waals surface area contributed by atoms with E-state index in [1.54, 1.807) is 6.20 Å². The number of sulfonamides is 1. The number of hydrazine groups is 1. The number of carbonyl (C=O) groups excluding carboxylic acids is 2. The summed E-state index contributed by atoms with van der Waals surface area (Å²) in [6.07, 6.45) is 3.07. The van der Waals surface area contributed by atoms with Crippen LogP contribution in [0.4, 0.5) is 0 Å². The van der Waals surface area contributed by atoms with Gasteiger partial charge in [-0.1, -0.05) is 18.2 Å². The third kappa shape index (κ3) is 5.70. The van der Waals surface area contributed by atoms with Crippen LogP contribution in [0.1, 0.15) is 23.0 Å². The molecule has 0 bridgehead atoms. The molecule has 2 heterocycles. The fourth-order valence-electron chi connectivity index (χ4n) is 3.52. The van der Waals surface area contributed by atoms with E-state index in [0.717, 1.165) is 16.5 Å². The number of nitrogens with one attached hydrogen (secondary N) is 4. The zero-order valence-corrected chi connectivity index (χ0v) is 19.6. The van der Waals surface area contributed by atoms with Gasteiger partial charge in [-0.2, -0.15) is 4.72 Å². The highest BCUT2D eigenvalue weighted by atomic mass is 32.2. The molecule has 4 rings (SSSR count). The number of hydrogen-bond donors (Lipinski definition) is 4. The lowest BCUT2D eigenvalue weighted by Gasteiger charge is -2.19. The lowest BCUT2D eigenvalue weighted by atomic mass is 10.1. The minimum Gasteiger partial charge on any atom is -0.494 e. The quantitative estimate of drug-likeness (QED) is 0.262. The third-order valence-electron chi connectivity index (χ3n) is 5.20. The molecule has 2 aromatic heterocycles. The molecule has 0 fully saturated rings. The largest absolute Gasteiger partial charge is 0.494 e. The fraction of sp³-hybridized carbons (Fsp3) is 0.167.